The van der Waals surface area contributed by atoms with Gasteiger partial charge in [0.15, 0.2) is 0 Å². The van der Waals surface area contributed by atoms with Crippen LogP contribution in [0.15, 0.2) is 60.7 Å². The molecule has 0 radical (unpaired) electrons. The number of aliphatic hydroxyl groups is 2. The Morgan fingerprint density at radius 2 is 0.857 bits per heavy atom. The van der Waals surface area contributed by atoms with Gasteiger partial charge in [-0.15, -0.1) is 0 Å². The van der Waals surface area contributed by atoms with E-state index in [1.54, 1.807) is 0 Å². The van der Waals surface area contributed by atoms with E-state index in [4.69, 9.17) is 0 Å². The molecule has 2 aromatic rings. The van der Waals surface area contributed by atoms with Crippen molar-refractivity contribution in [3.8, 4) is 0 Å². The van der Waals surface area contributed by atoms with E-state index in [-0.39, 0.29) is 59.1 Å². The molecule has 8 nitrogen and oxygen atoms in total. The Balaban J connectivity index is 0.00000364. The molecule has 0 aliphatic carbocycles. The third-order valence-corrected chi connectivity index (χ3v) is 3.84. The number of Topliss-reactive ketones (excluding diaryl/α,β-unsaturated/α-hetero) is 2. The summed E-state index contributed by atoms with van der Waals surface area (Å²) in [7, 11) is 0. The van der Waals surface area contributed by atoms with Crippen LogP contribution in [0, 0.1) is 0 Å². The average Bonchev–Trinajstić information content (AvgIpc) is 2.66. The first kappa shape index (κ1) is 26.6. The first-order valence-corrected chi connectivity index (χ1v) is 7.24. The Kier molecular flexibility index (Phi) is 9.92. The van der Waals surface area contributed by atoms with Gasteiger partial charge in [-0.2, -0.15) is 0 Å². The molecule has 2 N–H and O–H groups in total. The van der Waals surface area contributed by atoms with Gasteiger partial charge in [0.25, 0.3) is 0 Å². The largest absolute Gasteiger partial charge is 1.00 e. The fourth-order valence-corrected chi connectivity index (χ4v) is 2.41. The number of aliphatic carboxylic acids is 2. The maximum atomic E-state index is 12.5. The topological polar surface area (TPSA) is 155 Å². The van der Waals surface area contributed by atoms with Crippen molar-refractivity contribution in [2.75, 3.05) is 0 Å². The zero-order valence-electron chi connectivity index (χ0n) is 15.1. The molecule has 0 fully saturated rings. The summed E-state index contributed by atoms with van der Waals surface area (Å²) in [4.78, 5) is 48.1. The van der Waals surface area contributed by atoms with Crippen LogP contribution >= 0.6 is 0 Å². The van der Waals surface area contributed by atoms with Gasteiger partial charge in [0.2, 0.25) is 22.8 Å². The summed E-state index contributed by atoms with van der Waals surface area (Å²) in [6.45, 7) is 0. The molecule has 2 unspecified atom stereocenters. The molecule has 0 aliphatic heterocycles. The van der Waals surface area contributed by atoms with E-state index in [1.165, 1.54) is 36.4 Å². The Labute approximate surface area is 203 Å². The molecule has 2 aromatic carbocycles. The van der Waals surface area contributed by atoms with Gasteiger partial charge < -0.3 is 30.0 Å². The summed E-state index contributed by atoms with van der Waals surface area (Å²) in [5.74, 6) is -8.81. The molecule has 0 heterocycles. The van der Waals surface area contributed by atoms with E-state index < -0.39 is 45.8 Å². The molecule has 134 valence electrons. The molecule has 0 bridgehead atoms. The summed E-state index contributed by atoms with van der Waals surface area (Å²) in [6.07, 6.45) is 0. The van der Waals surface area contributed by atoms with Gasteiger partial charge in [0.05, 0.1) is 11.9 Å². The van der Waals surface area contributed by atoms with Gasteiger partial charge in [-0.25, -0.2) is 0 Å². The van der Waals surface area contributed by atoms with E-state index in [1.807, 2.05) is 0 Å². The van der Waals surface area contributed by atoms with Crippen LogP contribution in [0.3, 0.4) is 0 Å². The van der Waals surface area contributed by atoms with E-state index >= 15 is 0 Å². The van der Waals surface area contributed by atoms with E-state index in [0.29, 0.717) is 0 Å². The first-order chi connectivity index (χ1) is 12.2. The van der Waals surface area contributed by atoms with Gasteiger partial charge in [-0.3, -0.25) is 9.59 Å². The molecule has 28 heavy (non-hydrogen) atoms. The Morgan fingerprint density at radius 3 is 1.07 bits per heavy atom. The Bertz CT molecular complexity index is 798. The molecule has 0 saturated carbocycles. The second kappa shape index (κ2) is 10.4. The van der Waals surface area contributed by atoms with Crippen molar-refractivity contribution in [2.45, 2.75) is 11.2 Å². The maximum absolute atomic E-state index is 12.5. The smallest absolute Gasteiger partial charge is 0.546 e. The average molecular weight is 402 g/mol. The van der Waals surface area contributed by atoms with Crippen molar-refractivity contribution in [1.82, 2.24) is 0 Å². The summed E-state index contributed by atoms with van der Waals surface area (Å²) in [5.41, 5.74) is -9.17. The number of carbonyl (C=O) groups is 4. The molecule has 0 saturated heterocycles. The quantitative estimate of drug-likeness (QED) is 0.263. The number of hydrogen-bond donors (Lipinski definition) is 2. The zero-order chi connectivity index (χ0) is 19.5. The van der Waals surface area contributed by atoms with Crippen LogP contribution in [0.25, 0.3) is 0 Å². The third-order valence-electron chi connectivity index (χ3n) is 3.84. The number of benzene rings is 2. The number of hydrogen-bond acceptors (Lipinski definition) is 8. The summed E-state index contributed by atoms with van der Waals surface area (Å²) in [6, 6.07) is 12.4. The number of carboxylic acids is 2. The van der Waals surface area contributed by atoms with Gasteiger partial charge in [0, 0.05) is 11.1 Å². The molecule has 10 heteroatoms. The maximum Gasteiger partial charge on any atom is 1.00 e. The summed E-state index contributed by atoms with van der Waals surface area (Å²) >= 11 is 0. The van der Waals surface area contributed by atoms with Gasteiger partial charge >= 0.3 is 59.1 Å². The number of ketones is 2. The molecule has 2 rings (SSSR count). The molecule has 0 aromatic heterocycles. The van der Waals surface area contributed by atoms with Crippen LogP contribution in [-0.4, -0.2) is 44.9 Å². The SMILES string of the molecule is O=C([O-])C(O)(C(=O)c1ccccc1)C(O)(C(=O)[O-])C(=O)c1ccccc1.[Na+].[Na+]. The van der Waals surface area contributed by atoms with Crippen LogP contribution in [0.1, 0.15) is 20.7 Å². The number of carboxylic acid groups (broad SMARTS) is 2. The second-order valence-corrected chi connectivity index (χ2v) is 5.39. The van der Waals surface area contributed by atoms with Crippen LogP contribution < -0.4 is 69.3 Å². The molecular formula is C18H12Na2O8. The molecule has 0 spiro atoms. The fourth-order valence-electron chi connectivity index (χ4n) is 2.41. The van der Waals surface area contributed by atoms with E-state index in [2.05, 4.69) is 0 Å². The fraction of sp³-hybridized carbons (Fsp3) is 0.111. The second-order valence-electron chi connectivity index (χ2n) is 5.39. The summed E-state index contributed by atoms with van der Waals surface area (Å²) in [5, 5.41) is 43.9. The third kappa shape index (κ3) is 4.45. The normalized spacial score (nSPS) is 14.2. The molecule has 0 aliphatic rings. The van der Waals surface area contributed by atoms with Crippen molar-refractivity contribution in [3.63, 3.8) is 0 Å². The first-order valence-electron chi connectivity index (χ1n) is 7.24. The number of rotatable bonds is 7. The minimum Gasteiger partial charge on any atom is -0.546 e. The van der Waals surface area contributed by atoms with Gasteiger partial charge in [-0.1, -0.05) is 60.7 Å². The van der Waals surface area contributed by atoms with Crippen LogP contribution in [0.2, 0.25) is 0 Å². The molecular weight excluding hydrogens is 390 g/mol. The van der Waals surface area contributed by atoms with E-state index in [0.717, 1.165) is 24.3 Å². The Morgan fingerprint density at radius 1 is 0.607 bits per heavy atom. The minimum atomic E-state index is -4.12. The van der Waals surface area contributed by atoms with Crippen molar-refractivity contribution in [2.24, 2.45) is 0 Å². The molecule has 0 amide bonds. The van der Waals surface area contributed by atoms with Crippen molar-refractivity contribution >= 4 is 23.5 Å². The number of carbonyl (C=O) groups excluding carboxylic acids is 4. The van der Waals surface area contributed by atoms with Crippen LogP contribution in [-0.2, 0) is 9.59 Å². The van der Waals surface area contributed by atoms with Gasteiger partial charge in [-0.05, 0) is 0 Å². The van der Waals surface area contributed by atoms with Crippen LogP contribution in [0.4, 0.5) is 0 Å². The molecule has 2 atom stereocenters. The summed E-state index contributed by atoms with van der Waals surface area (Å²) < 4.78 is 0. The monoisotopic (exact) mass is 402 g/mol. The van der Waals surface area contributed by atoms with E-state index in [9.17, 15) is 39.6 Å². The van der Waals surface area contributed by atoms with Crippen molar-refractivity contribution in [3.05, 3.63) is 71.8 Å². The van der Waals surface area contributed by atoms with Crippen molar-refractivity contribution in [1.29, 1.82) is 0 Å². The predicted molar refractivity (Wildman–Crippen MR) is 81.5 cm³/mol. The van der Waals surface area contributed by atoms with Crippen LogP contribution in [0.5, 0.6) is 0 Å². The predicted octanol–water partition coefficient (Wildman–Crippen LogP) is -8.28. The van der Waals surface area contributed by atoms with Gasteiger partial charge in [0.1, 0.15) is 0 Å². The minimum absolute atomic E-state index is 0. The Hall–Kier alpha value is -1.36. The van der Waals surface area contributed by atoms with Crippen molar-refractivity contribution < 1.29 is 98.7 Å². The standard InChI is InChI=1S/C18H14O8.2Na/c19-13(11-7-3-1-4-8-11)17(25,15(21)22)18(26,16(23)24)14(20)12-9-5-2-6-10-12;;/h1-10,25-26H,(H,21,22)(H,23,24);;/q;2*+1/p-2. The zero-order valence-corrected chi connectivity index (χ0v) is 19.1.